The predicted molar refractivity (Wildman–Crippen MR) is 44.4 cm³/mol. The summed E-state index contributed by atoms with van der Waals surface area (Å²) >= 11 is 0. The highest BCUT2D eigenvalue weighted by Gasteiger charge is 2.81. The van der Waals surface area contributed by atoms with Gasteiger partial charge in [-0.15, -0.1) is 0 Å². The Morgan fingerprint density at radius 1 is 0.700 bits per heavy atom. The lowest BCUT2D eigenvalue weighted by atomic mass is 10.0. The van der Waals surface area contributed by atoms with Gasteiger partial charge in [0.1, 0.15) is 5.82 Å². The molecule has 1 aliphatic carbocycles. The SMILES string of the molecule is O=Cc1c(F)c(F)c2c(c1F)C(F)(F)C(F)(F)C2(F)F. The van der Waals surface area contributed by atoms with Gasteiger partial charge in [0.25, 0.3) is 0 Å². The zero-order valence-electron chi connectivity index (χ0n) is 8.89. The van der Waals surface area contributed by atoms with Crippen LogP contribution in [0.4, 0.5) is 39.5 Å². The maximum atomic E-state index is 13.4. The summed E-state index contributed by atoms with van der Waals surface area (Å²) in [5.41, 5.74) is -7.46. The molecular formula is C10HF9O. The molecule has 0 aliphatic heterocycles. The molecule has 110 valence electrons. The van der Waals surface area contributed by atoms with E-state index in [0.29, 0.717) is 0 Å². The molecule has 0 N–H and O–H groups in total. The van der Waals surface area contributed by atoms with Crippen molar-refractivity contribution in [3.63, 3.8) is 0 Å². The molecule has 0 heterocycles. The maximum absolute atomic E-state index is 13.4. The van der Waals surface area contributed by atoms with E-state index in [1.807, 2.05) is 0 Å². The Morgan fingerprint density at radius 3 is 1.50 bits per heavy atom. The fourth-order valence-electron chi connectivity index (χ4n) is 1.88. The third-order valence-electron chi connectivity index (χ3n) is 2.89. The Hall–Kier alpha value is -1.74. The van der Waals surface area contributed by atoms with Crippen LogP contribution in [0.5, 0.6) is 0 Å². The summed E-state index contributed by atoms with van der Waals surface area (Å²) in [6.45, 7) is 0. The summed E-state index contributed by atoms with van der Waals surface area (Å²) < 4.78 is 119. The molecule has 1 aromatic carbocycles. The molecular weight excluding hydrogens is 307 g/mol. The van der Waals surface area contributed by atoms with E-state index in [2.05, 4.69) is 0 Å². The van der Waals surface area contributed by atoms with E-state index in [9.17, 15) is 44.3 Å². The van der Waals surface area contributed by atoms with E-state index in [1.54, 1.807) is 0 Å². The van der Waals surface area contributed by atoms with Crippen molar-refractivity contribution in [1.29, 1.82) is 0 Å². The monoisotopic (exact) mass is 308 g/mol. The third-order valence-corrected chi connectivity index (χ3v) is 2.89. The molecule has 0 unspecified atom stereocenters. The molecule has 0 amide bonds. The number of aldehydes is 1. The number of hydrogen-bond acceptors (Lipinski definition) is 1. The second kappa shape index (κ2) is 3.67. The van der Waals surface area contributed by atoms with Gasteiger partial charge in [-0.1, -0.05) is 0 Å². The van der Waals surface area contributed by atoms with Crippen molar-refractivity contribution in [1.82, 2.24) is 0 Å². The van der Waals surface area contributed by atoms with E-state index < -0.39 is 58.2 Å². The number of halogens is 9. The summed E-state index contributed by atoms with van der Waals surface area (Å²) in [7, 11) is 0. The van der Waals surface area contributed by atoms with Gasteiger partial charge in [0.15, 0.2) is 17.9 Å². The Balaban J connectivity index is 3.05. The van der Waals surface area contributed by atoms with Crippen LogP contribution in [0.3, 0.4) is 0 Å². The van der Waals surface area contributed by atoms with Crippen LogP contribution in [0.15, 0.2) is 0 Å². The fourth-order valence-corrected chi connectivity index (χ4v) is 1.88. The normalized spacial score (nSPS) is 21.6. The Morgan fingerprint density at radius 2 is 1.10 bits per heavy atom. The Labute approximate surface area is 104 Å². The first kappa shape index (κ1) is 14.7. The molecule has 0 radical (unpaired) electrons. The van der Waals surface area contributed by atoms with Crippen LogP contribution in [-0.4, -0.2) is 12.2 Å². The highest BCUT2D eigenvalue weighted by atomic mass is 19.3. The number of carbonyl (C=O) groups is 1. The second-order valence-corrected chi connectivity index (χ2v) is 3.95. The summed E-state index contributed by atoms with van der Waals surface area (Å²) in [6.07, 6.45) is -0.779. The van der Waals surface area contributed by atoms with Gasteiger partial charge >= 0.3 is 17.8 Å². The molecule has 2 rings (SSSR count). The molecule has 10 heteroatoms. The van der Waals surface area contributed by atoms with Crippen LogP contribution in [-0.2, 0) is 11.8 Å². The fraction of sp³-hybridized carbons (Fsp3) is 0.300. The number of hydrogen-bond donors (Lipinski definition) is 0. The lowest BCUT2D eigenvalue weighted by Gasteiger charge is -2.23. The number of carbonyl (C=O) groups excluding carboxylic acids is 1. The molecule has 1 aliphatic rings. The summed E-state index contributed by atoms with van der Waals surface area (Å²) in [6, 6.07) is 0. The first-order valence-electron chi connectivity index (χ1n) is 4.73. The maximum Gasteiger partial charge on any atom is 0.380 e. The molecule has 0 saturated carbocycles. The van der Waals surface area contributed by atoms with Crippen molar-refractivity contribution in [2.24, 2.45) is 0 Å². The highest BCUT2D eigenvalue weighted by molar-refractivity contribution is 5.77. The molecule has 0 bridgehead atoms. The standard InChI is InChI=1S/C10HF9O/c11-5-2(1-20)6(12)7(13)4-3(5)8(14,15)10(18,19)9(4,16)17/h1H. The van der Waals surface area contributed by atoms with Gasteiger partial charge < -0.3 is 0 Å². The summed E-state index contributed by atoms with van der Waals surface area (Å²) in [5, 5.41) is 0. The topological polar surface area (TPSA) is 17.1 Å². The van der Waals surface area contributed by atoms with Gasteiger partial charge in [0, 0.05) is 0 Å². The smallest absolute Gasteiger partial charge is 0.298 e. The molecule has 0 aromatic heterocycles. The highest BCUT2D eigenvalue weighted by Crippen LogP contribution is 2.64. The van der Waals surface area contributed by atoms with Gasteiger partial charge in [0.2, 0.25) is 0 Å². The van der Waals surface area contributed by atoms with Crippen LogP contribution in [0.25, 0.3) is 0 Å². The zero-order valence-corrected chi connectivity index (χ0v) is 8.89. The van der Waals surface area contributed by atoms with Crippen molar-refractivity contribution >= 4 is 6.29 Å². The quantitative estimate of drug-likeness (QED) is 0.439. The molecule has 1 nitrogen and oxygen atoms in total. The Kier molecular flexibility index (Phi) is 2.69. The summed E-state index contributed by atoms with van der Waals surface area (Å²) in [5.74, 6) is -25.8. The average Bonchev–Trinajstić information content (AvgIpc) is 2.42. The number of fused-ring (bicyclic) bond motifs is 1. The van der Waals surface area contributed by atoms with Gasteiger partial charge in [-0.2, -0.15) is 26.3 Å². The predicted octanol–water partition coefficient (Wildman–Crippen LogP) is 3.75. The van der Waals surface area contributed by atoms with Gasteiger partial charge in [0.05, 0.1) is 16.7 Å². The van der Waals surface area contributed by atoms with Crippen LogP contribution < -0.4 is 0 Å². The second-order valence-electron chi connectivity index (χ2n) is 3.95. The van der Waals surface area contributed by atoms with Crippen LogP contribution in [0, 0.1) is 17.5 Å². The van der Waals surface area contributed by atoms with Gasteiger partial charge in [-0.3, -0.25) is 4.79 Å². The first-order valence-corrected chi connectivity index (χ1v) is 4.73. The number of benzene rings is 1. The van der Waals surface area contributed by atoms with Crippen molar-refractivity contribution in [2.75, 3.05) is 0 Å². The van der Waals surface area contributed by atoms with Crippen molar-refractivity contribution < 1.29 is 44.3 Å². The zero-order chi connectivity index (χ0) is 15.7. The van der Waals surface area contributed by atoms with E-state index in [0.717, 1.165) is 0 Å². The molecule has 0 atom stereocenters. The first-order chi connectivity index (χ1) is 8.92. The van der Waals surface area contributed by atoms with Gasteiger partial charge in [-0.05, 0) is 0 Å². The van der Waals surface area contributed by atoms with E-state index >= 15 is 0 Å². The Bertz CT molecular complexity index is 620. The van der Waals surface area contributed by atoms with Crippen molar-refractivity contribution in [2.45, 2.75) is 17.8 Å². The van der Waals surface area contributed by atoms with E-state index in [1.165, 1.54) is 0 Å². The third kappa shape index (κ3) is 1.29. The number of alkyl halides is 6. The summed E-state index contributed by atoms with van der Waals surface area (Å²) in [4.78, 5) is 10.3. The number of rotatable bonds is 1. The van der Waals surface area contributed by atoms with Crippen LogP contribution in [0.1, 0.15) is 21.5 Å². The molecule has 20 heavy (non-hydrogen) atoms. The van der Waals surface area contributed by atoms with E-state index in [-0.39, 0.29) is 0 Å². The molecule has 1 aromatic rings. The minimum Gasteiger partial charge on any atom is -0.298 e. The minimum atomic E-state index is -6.17. The van der Waals surface area contributed by atoms with Crippen molar-refractivity contribution in [3.05, 3.63) is 34.1 Å². The molecule has 0 spiro atoms. The molecule has 0 saturated heterocycles. The van der Waals surface area contributed by atoms with Crippen molar-refractivity contribution in [3.8, 4) is 0 Å². The largest absolute Gasteiger partial charge is 0.380 e. The van der Waals surface area contributed by atoms with Crippen LogP contribution in [0.2, 0.25) is 0 Å². The van der Waals surface area contributed by atoms with Gasteiger partial charge in [-0.25, -0.2) is 13.2 Å². The molecule has 0 fully saturated rings. The average molecular weight is 308 g/mol. The lowest BCUT2D eigenvalue weighted by Crippen LogP contribution is -2.43. The van der Waals surface area contributed by atoms with Crippen LogP contribution >= 0.6 is 0 Å². The minimum absolute atomic E-state index is 0.779. The van der Waals surface area contributed by atoms with E-state index in [4.69, 9.17) is 0 Å². The lowest BCUT2D eigenvalue weighted by molar-refractivity contribution is -0.303.